The van der Waals surface area contributed by atoms with Crippen LogP contribution in [0.5, 0.6) is 0 Å². The molecule has 0 spiro atoms. The maximum atomic E-state index is 12.7. The van der Waals surface area contributed by atoms with Gasteiger partial charge in [0.05, 0.1) is 22.4 Å². The molecule has 0 bridgehead atoms. The molecule has 2 aromatic rings. The largest absolute Gasteiger partial charge is 0.452 e. The van der Waals surface area contributed by atoms with Crippen LogP contribution in [-0.4, -0.2) is 48.3 Å². The average Bonchev–Trinajstić information content (AvgIpc) is 3.01. The van der Waals surface area contributed by atoms with Crippen molar-refractivity contribution in [1.29, 1.82) is 0 Å². The summed E-state index contributed by atoms with van der Waals surface area (Å²) in [7, 11) is 0. The molecule has 4 rings (SSSR count). The van der Waals surface area contributed by atoms with Crippen LogP contribution < -0.4 is 4.90 Å². The number of hydrogen-bond acceptors (Lipinski definition) is 5. The molecule has 7 nitrogen and oxygen atoms in total. The summed E-state index contributed by atoms with van der Waals surface area (Å²) in [6, 6.07) is 12.7. The summed E-state index contributed by atoms with van der Waals surface area (Å²) in [5, 5.41) is 0. The summed E-state index contributed by atoms with van der Waals surface area (Å²) in [6.45, 7) is 5.20. The monoisotopic (exact) mass is 420 g/mol. The van der Waals surface area contributed by atoms with Gasteiger partial charge in [-0.15, -0.1) is 0 Å². The summed E-state index contributed by atoms with van der Waals surface area (Å²) < 4.78 is 5.23. The molecule has 2 aliphatic rings. The molecule has 31 heavy (non-hydrogen) atoms. The summed E-state index contributed by atoms with van der Waals surface area (Å²) in [5.41, 5.74) is 1.11. The molecule has 0 N–H and O–H groups in total. The van der Waals surface area contributed by atoms with Crippen molar-refractivity contribution in [2.75, 3.05) is 24.6 Å². The lowest BCUT2D eigenvalue weighted by Gasteiger charge is -2.34. The van der Waals surface area contributed by atoms with Crippen LogP contribution >= 0.6 is 0 Å². The number of likely N-dealkylation sites (tertiary alicyclic amines) is 1. The Morgan fingerprint density at radius 2 is 1.55 bits per heavy atom. The van der Waals surface area contributed by atoms with Gasteiger partial charge in [0.2, 0.25) is 0 Å². The molecule has 2 aliphatic heterocycles. The average molecular weight is 420 g/mol. The van der Waals surface area contributed by atoms with Crippen LogP contribution in [0.1, 0.15) is 51.3 Å². The van der Waals surface area contributed by atoms with Crippen LogP contribution in [0.3, 0.4) is 0 Å². The van der Waals surface area contributed by atoms with Gasteiger partial charge in [0, 0.05) is 13.1 Å². The third kappa shape index (κ3) is 4.08. The number of carbonyl (C=O) groups excluding carboxylic acids is 4. The van der Waals surface area contributed by atoms with Crippen LogP contribution in [0.4, 0.5) is 5.69 Å². The first kappa shape index (κ1) is 20.8. The second-order valence-electron chi connectivity index (χ2n) is 8.36. The molecule has 0 aliphatic carbocycles. The quantitative estimate of drug-likeness (QED) is 0.560. The Hall–Kier alpha value is -3.48. The molecule has 2 atom stereocenters. The van der Waals surface area contributed by atoms with Gasteiger partial charge in [-0.05, 0) is 48.6 Å². The lowest BCUT2D eigenvalue weighted by atomic mass is 9.92. The fourth-order valence-corrected chi connectivity index (χ4v) is 4.36. The smallest absolute Gasteiger partial charge is 0.338 e. The summed E-state index contributed by atoms with van der Waals surface area (Å²) in [4.78, 5) is 53.1. The fourth-order valence-electron chi connectivity index (χ4n) is 4.36. The van der Waals surface area contributed by atoms with Crippen molar-refractivity contribution in [3.63, 3.8) is 0 Å². The third-order valence-corrected chi connectivity index (χ3v) is 5.68. The first-order valence-electron chi connectivity index (χ1n) is 10.4. The first-order chi connectivity index (χ1) is 14.8. The normalized spacial score (nSPS) is 20.6. The molecule has 160 valence electrons. The van der Waals surface area contributed by atoms with Crippen molar-refractivity contribution in [2.24, 2.45) is 11.8 Å². The minimum atomic E-state index is -0.676. The van der Waals surface area contributed by atoms with Crippen molar-refractivity contribution < 1.29 is 23.9 Å². The number of hydrogen-bond donors (Lipinski definition) is 0. The Balaban J connectivity index is 1.44. The van der Waals surface area contributed by atoms with Crippen molar-refractivity contribution in [1.82, 2.24) is 4.90 Å². The van der Waals surface area contributed by atoms with Gasteiger partial charge in [-0.25, -0.2) is 9.69 Å². The zero-order valence-electron chi connectivity index (χ0n) is 17.5. The minimum absolute atomic E-state index is 0.169. The van der Waals surface area contributed by atoms with E-state index in [4.69, 9.17) is 4.74 Å². The van der Waals surface area contributed by atoms with Gasteiger partial charge in [-0.3, -0.25) is 14.4 Å². The third-order valence-electron chi connectivity index (χ3n) is 5.68. The number of ether oxygens (including phenoxy) is 1. The van der Waals surface area contributed by atoms with E-state index in [2.05, 4.69) is 13.8 Å². The highest BCUT2D eigenvalue weighted by molar-refractivity contribution is 6.34. The van der Waals surface area contributed by atoms with E-state index in [0.29, 0.717) is 36.1 Å². The van der Waals surface area contributed by atoms with Crippen LogP contribution in [-0.2, 0) is 9.53 Å². The number of esters is 1. The highest BCUT2D eigenvalue weighted by Crippen LogP contribution is 2.29. The van der Waals surface area contributed by atoms with E-state index >= 15 is 0 Å². The number of benzene rings is 2. The second kappa shape index (κ2) is 8.34. The molecular formula is C24H24N2O5. The Kier molecular flexibility index (Phi) is 5.59. The molecule has 0 radical (unpaired) electrons. The van der Waals surface area contributed by atoms with E-state index in [9.17, 15) is 19.2 Å². The zero-order chi connectivity index (χ0) is 22.1. The molecule has 0 saturated carbocycles. The number of amides is 3. The first-order valence-corrected chi connectivity index (χ1v) is 10.4. The van der Waals surface area contributed by atoms with Crippen LogP contribution in [0.2, 0.25) is 0 Å². The number of carbonyl (C=O) groups is 4. The van der Waals surface area contributed by atoms with Crippen molar-refractivity contribution in [3.05, 3.63) is 65.2 Å². The van der Waals surface area contributed by atoms with Gasteiger partial charge in [0.1, 0.15) is 0 Å². The topological polar surface area (TPSA) is 84.0 Å². The van der Waals surface area contributed by atoms with E-state index in [-0.39, 0.29) is 23.8 Å². The van der Waals surface area contributed by atoms with E-state index < -0.39 is 17.8 Å². The van der Waals surface area contributed by atoms with Gasteiger partial charge in [-0.1, -0.05) is 32.0 Å². The predicted molar refractivity (Wildman–Crippen MR) is 114 cm³/mol. The van der Waals surface area contributed by atoms with Gasteiger partial charge < -0.3 is 9.64 Å². The van der Waals surface area contributed by atoms with Crippen LogP contribution in [0, 0.1) is 11.8 Å². The zero-order valence-corrected chi connectivity index (χ0v) is 17.5. The molecule has 0 aromatic heterocycles. The SMILES string of the molecule is C[C@H]1C[C@H](C)CN(C(=O)COC(=O)c2cccc(N3C(=O)c4ccccc4C3=O)c2)C1. The van der Waals surface area contributed by atoms with Crippen molar-refractivity contribution in [2.45, 2.75) is 20.3 Å². The van der Waals surface area contributed by atoms with Gasteiger partial charge in [-0.2, -0.15) is 0 Å². The number of piperidine rings is 1. The Morgan fingerprint density at radius 1 is 0.935 bits per heavy atom. The Morgan fingerprint density at radius 3 is 2.16 bits per heavy atom. The highest BCUT2D eigenvalue weighted by Gasteiger charge is 2.36. The van der Waals surface area contributed by atoms with Crippen molar-refractivity contribution >= 4 is 29.4 Å². The molecule has 1 saturated heterocycles. The predicted octanol–water partition coefficient (Wildman–Crippen LogP) is 3.15. The van der Waals surface area contributed by atoms with E-state index in [0.717, 1.165) is 11.3 Å². The molecule has 0 unspecified atom stereocenters. The van der Waals surface area contributed by atoms with Crippen LogP contribution in [0.15, 0.2) is 48.5 Å². The molecule has 2 aromatic carbocycles. The lowest BCUT2D eigenvalue weighted by molar-refractivity contribution is -0.137. The maximum Gasteiger partial charge on any atom is 0.338 e. The summed E-state index contributed by atoms with van der Waals surface area (Å²) >= 11 is 0. The number of anilines is 1. The molecular weight excluding hydrogens is 396 g/mol. The Bertz CT molecular complexity index is 1020. The van der Waals surface area contributed by atoms with Crippen LogP contribution in [0.25, 0.3) is 0 Å². The maximum absolute atomic E-state index is 12.7. The summed E-state index contributed by atoms with van der Waals surface area (Å²) in [6.07, 6.45) is 1.08. The number of nitrogens with zero attached hydrogens (tertiary/aromatic N) is 2. The fraction of sp³-hybridized carbons (Fsp3) is 0.333. The minimum Gasteiger partial charge on any atom is -0.452 e. The molecule has 1 fully saturated rings. The highest BCUT2D eigenvalue weighted by atomic mass is 16.5. The number of fused-ring (bicyclic) bond motifs is 1. The number of imide groups is 1. The molecule has 7 heteroatoms. The van der Waals surface area contributed by atoms with Gasteiger partial charge in [0.25, 0.3) is 17.7 Å². The van der Waals surface area contributed by atoms with Crippen molar-refractivity contribution in [3.8, 4) is 0 Å². The molecule has 3 amide bonds. The Labute approximate surface area is 180 Å². The number of rotatable bonds is 4. The van der Waals surface area contributed by atoms with E-state index in [1.54, 1.807) is 41.3 Å². The van der Waals surface area contributed by atoms with Gasteiger partial charge >= 0.3 is 5.97 Å². The standard InChI is InChI=1S/C24H24N2O5/c1-15-10-16(2)13-25(12-15)21(27)14-31-24(30)17-6-5-7-18(11-17)26-22(28)19-8-3-4-9-20(19)23(26)29/h3-9,11,15-16H,10,12-14H2,1-2H3/t15-,16-/m0/s1. The second-order valence-corrected chi connectivity index (χ2v) is 8.36. The summed E-state index contributed by atoms with van der Waals surface area (Å²) in [5.74, 6) is -0.933. The molecule has 2 heterocycles. The van der Waals surface area contributed by atoms with E-state index in [1.165, 1.54) is 12.1 Å². The van der Waals surface area contributed by atoms with E-state index in [1.807, 2.05) is 0 Å². The van der Waals surface area contributed by atoms with Gasteiger partial charge in [0.15, 0.2) is 6.61 Å². The lowest BCUT2D eigenvalue weighted by Crippen LogP contribution is -2.44.